The van der Waals surface area contributed by atoms with E-state index in [2.05, 4.69) is 10.6 Å². The van der Waals surface area contributed by atoms with Gasteiger partial charge < -0.3 is 10.1 Å². The van der Waals surface area contributed by atoms with E-state index >= 15 is 0 Å². The molecule has 4 aromatic rings. The van der Waals surface area contributed by atoms with Gasteiger partial charge in [-0.1, -0.05) is 30.7 Å². The topological polar surface area (TPSA) is 84.7 Å². The van der Waals surface area contributed by atoms with Crippen LogP contribution in [-0.2, 0) is 15.0 Å². The summed E-state index contributed by atoms with van der Waals surface area (Å²) >= 11 is 6.30. The number of carbonyl (C=O) groups excluding carboxylic acids is 2. The van der Waals surface area contributed by atoms with Gasteiger partial charge in [-0.3, -0.25) is 19.3 Å². The van der Waals surface area contributed by atoms with Gasteiger partial charge in [0, 0.05) is 23.9 Å². The van der Waals surface area contributed by atoms with Gasteiger partial charge in [0.25, 0.3) is 0 Å². The van der Waals surface area contributed by atoms with E-state index in [4.69, 9.17) is 21.3 Å². The molecule has 0 aliphatic carbocycles. The molecule has 2 N–H and O–H groups in total. The fourth-order valence-corrected chi connectivity index (χ4v) is 4.82. The van der Waals surface area contributed by atoms with Gasteiger partial charge in [-0.15, -0.1) is 0 Å². The summed E-state index contributed by atoms with van der Waals surface area (Å²) in [6.07, 6.45) is 3.29. The Morgan fingerprint density at radius 2 is 1.83 bits per heavy atom. The summed E-state index contributed by atoms with van der Waals surface area (Å²) in [6, 6.07) is 19.2. The summed E-state index contributed by atoms with van der Waals surface area (Å²) in [6.45, 7) is 1.98. The number of aromatic nitrogens is 2. The van der Waals surface area contributed by atoms with Crippen LogP contribution >= 0.6 is 11.6 Å². The van der Waals surface area contributed by atoms with Crippen molar-refractivity contribution in [2.75, 3.05) is 12.4 Å². The second-order valence-electron chi connectivity index (χ2n) is 8.63. The van der Waals surface area contributed by atoms with Gasteiger partial charge in [-0.05, 0) is 66.9 Å². The average molecular weight is 489 g/mol. The van der Waals surface area contributed by atoms with Gasteiger partial charge in [0.05, 0.1) is 17.5 Å². The number of halogens is 1. The number of carbonyl (C=O) groups is 2. The van der Waals surface area contributed by atoms with Crippen LogP contribution in [0.2, 0.25) is 5.02 Å². The maximum atomic E-state index is 12.7. The van der Waals surface area contributed by atoms with Gasteiger partial charge >= 0.3 is 0 Å². The third-order valence-electron chi connectivity index (χ3n) is 6.72. The van der Waals surface area contributed by atoms with Crippen molar-refractivity contribution in [2.24, 2.45) is 0 Å². The second-order valence-corrected chi connectivity index (χ2v) is 9.06. The van der Waals surface area contributed by atoms with Crippen LogP contribution in [-0.4, -0.2) is 28.3 Å². The van der Waals surface area contributed by atoms with E-state index in [0.29, 0.717) is 24.3 Å². The van der Waals surface area contributed by atoms with Crippen LogP contribution < -0.4 is 15.4 Å². The Kier molecular flexibility index (Phi) is 5.94. The third kappa shape index (κ3) is 4.12. The highest BCUT2D eigenvalue weighted by atomic mass is 35.5. The number of pyridine rings is 1. The van der Waals surface area contributed by atoms with Crippen molar-refractivity contribution < 1.29 is 14.3 Å². The molecule has 8 heteroatoms. The average Bonchev–Trinajstić information content (AvgIpc) is 3.22. The number of nitrogens with zero attached hydrogens (tertiary/aromatic N) is 2. The van der Waals surface area contributed by atoms with Gasteiger partial charge in [0.15, 0.2) is 0 Å². The largest absolute Gasteiger partial charge is 0.497 e. The molecule has 1 aliphatic rings. The minimum absolute atomic E-state index is 0.213. The number of ether oxygens (including phenoxy) is 1. The SMILES string of the molecule is CCC1(c2ccc(Nc3c(-c4ccc(OC)cc4)nc4ccc(Cl)cn34)cc2)CCC(=O)NC1=O. The van der Waals surface area contributed by atoms with Crippen molar-refractivity contribution in [3.8, 4) is 17.0 Å². The molecule has 5 rings (SSSR count). The normalized spacial score (nSPS) is 17.9. The molecule has 3 heterocycles. The molecular weight excluding hydrogens is 464 g/mol. The molecule has 0 spiro atoms. The summed E-state index contributed by atoms with van der Waals surface area (Å²) in [5.74, 6) is 1.10. The fraction of sp³-hybridized carbons (Fsp3) is 0.222. The third-order valence-corrected chi connectivity index (χ3v) is 6.94. The number of rotatable bonds is 6. The maximum absolute atomic E-state index is 12.7. The van der Waals surface area contributed by atoms with Crippen LogP contribution in [0.3, 0.4) is 0 Å². The first-order valence-corrected chi connectivity index (χ1v) is 11.9. The van der Waals surface area contributed by atoms with Gasteiger partial charge in [-0.2, -0.15) is 0 Å². The minimum atomic E-state index is -0.697. The van der Waals surface area contributed by atoms with E-state index in [1.54, 1.807) is 7.11 Å². The summed E-state index contributed by atoms with van der Waals surface area (Å²) in [4.78, 5) is 29.3. The molecule has 0 saturated carbocycles. The van der Waals surface area contributed by atoms with E-state index in [0.717, 1.165) is 39.7 Å². The number of fused-ring (bicyclic) bond motifs is 1. The molecule has 7 nitrogen and oxygen atoms in total. The van der Waals surface area contributed by atoms with E-state index < -0.39 is 5.41 Å². The van der Waals surface area contributed by atoms with Crippen LogP contribution in [0.25, 0.3) is 16.9 Å². The van der Waals surface area contributed by atoms with E-state index in [1.165, 1.54) is 0 Å². The number of imidazole rings is 1. The van der Waals surface area contributed by atoms with Crippen LogP contribution in [0.5, 0.6) is 5.75 Å². The molecule has 1 aliphatic heterocycles. The smallest absolute Gasteiger partial charge is 0.237 e. The van der Waals surface area contributed by atoms with Crippen LogP contribution in [0, 0.1) is 0 Å². The zero-order valence-electron chi connectivity index (χ0n) is 19.5. The number of hydrogen-bond acceptors (Lipinski definition) is 5. The number of benzene rings is 2. The molecule has 1 fully saturated rings. The summed E-state index contributed by atoms with van der Waals surface area (Å²) in [5, 5.41) is 6.58. The molecule has 2 aromatic heterocycles. The molecule has 35 heavy (non-hydrogen) atoms. The zero-order chi connectivity index (χ0) is 24.6. The number of amides is 2. The fourth-order valence-electron chi connectivity index (χ4n) is 4.66. The van der Waals surface area contributed by atoms with Crippen molar-refractivity contribution in [1.82, 2.24) is 14.7 Å². The Labute approximate surface area is 208 Å². The van der Waals surface area contributed by atoms with E-state index in [-0.39, 0.29) is 11.8 Å². The molecule has 178 valence electrons. The predicted octanol–water partition coefficient (Wildman–Crippen LogP) is 5.49. The Hall–Kier alpha value is -3.84. The number of hydrogen-bond donors (Lipinski definition) is 2. The minimum Gasteiger partial charge on any atom is -0.497 e. The first-order valence-electron chi connectivity index (χ1n) is 11.5. The maximum Gasteiger partial charge on any atom is 0.237 e. The van der Waals surface area contributed by atoms with Crippen molar-refractivity contribution in [3.63, 3.8) is 0 Å². The van der Waals surface area contributed by atoms with Crippen molar-refractivity contribution in [1.29, 1.82) is 0 Å². The molecule has 2 amide bonds. The van der Waals surface area contributed by atoms with Gasteiger partial charge in [0.1, 0.15) is 22.9 Å². The van der Waals surface area contributed by atoms with Crippen molar-refractivity contribution in [2.45, 2.75) is 31.6 Å². The van der Waals surface area contributed by atoms with Crippen molar-refractivity contribution >= 4 is 40.6 Å². The van der Waals surface area contributed by atoms with Crippen LogP contribution in [0.15, 0.2) is 66.9 Å². The summed E-state index contributed by atoms with van der Waals surface area (Å²) < 4.78 is 7.21. The zero-order valence-corrected chi connectivity index (χ0v) is 20.2. The first-order chi connectivity index (χ1) is 16.9. The predicted molar refractivity (Wildman–Crippen MR) is 136 cm³/mol. The monoisotopic (exact) mass is 488 g/mol. The Morgan fingerprint density at radius 3 is 2.49 bits per heavy atom. The standard InChI is InChI=1S/C27H25ClN4O3/c1-3-27(15-14-23(33)31-26(27)34)18-6-9-20(10-7-18)29-25-24(17-4-11-21(35-2)12-5-17)30-22-13-8-19(28)16-32(22)25/h4-13,16,29H,3,14-15H2,1-2H3,(H,31,33,34). The highest BCUT2D eigenvalue weighted by Gasteiger charge is 2.42. The second kappa shape index (κ2) is 9.07. The molecule has 1 atom stereocenters. The summed E-state index contributed by atoms with van der Waals surface area (Å²) in [5.41, 5.74) is 3.49. The molecule has 1 saturated heterocycles. The van der Waals surface area contributed by atoms with E-state index in [9.17, 15) is 9.59 Å². The lowest BCUT2D eigenvalue weighted by molar-refractivity contribution is -0.138. The summed E-state index contributed by atoms with van der Waals surface area (Å²) in [7, 11) is 1.63. The quantitative estimate of drug-likeness (QED) is 0.350. The van der Waals surface area contributed by atoms with Crippen LogP contribution in [0.1, 0.15) is 31.7 Å². The van der Waals surface area contributed by atoms with Crippen LogP contribution in [0.4, 0.5) is 11.5 Å². The van der Waals surface area contributed by atoms with Gasteiger partial charge in [-0.25, -0.2) is 4.98 Å². The number of anilines is 2. The molecule has 2 aromatic carbocycles. The Morgan fingerprint density at radius 1 is 1.09 bits per heavy atom. The van der Waals surface area contributed by atoms with Gasteiger partial charge in [0.2, 0.25) is 11.8 Å². The van der Waals surface area contributed by atoms with E-state index in [1.807, 2.05) is 78.2 Å². The lowest BCUT2D eigenvalue weighted by Gasteiger charge is -2.35. The van der Waals surface area contributed by atoms with Crippen molar-refractivity contribution in [3.05, 3.63) is 77.4 Å². The highest BCUT2D eigenvalue weighted by molar-refractivity contribution is 6.30. The number of piperidine rings is 1. The lowest BCUT2D eigenvalue weighted by atomic mass is 9.72. The Balaban J connectivity index is 1.52. The first kappa shape index (κ1) is 22.9. The molecule has 0 bridgehead atoms. The highest BCUT2D eigenvalue weighted by Crippen LogP contribution is 2.37. The molecular formula is C27H25ClN4O3. The number of imide groups is 1. The number of nitrogens with one attached hydrogen (secondary N) is 2. The molecule has 0 radical (unpaired) electrons. The number of methoxy groups -OCH3 is 1. The molecule has 1 unspecified atom stereocenters. The lowest BCUT2D eigenvalue weighted by Crippen LogP contribution is -2.51. The Bertz CT molecular complexity index is 1410.